The molecule has 0 bridgehead atoms. The second kappa shape index (κ2) is 6.94. The summed E-state index contributed by atoms with van der Waals surface area (Å²) < 4.78 is 11.7. The van der Waals surface area contributed by atoms with Crippen LogP contribution in [0, 0.1) is 0 Å². The number of rotatable bonds is 4. The van der Waals surface area contributed by atoms with Crippen molar-refractivity contribution < 1.29 is 9.00 Å². The molecule has 1 saturated heterocycles. The summed E-state index contributed by atoms with van der Waals surface area (Å²) in [5.74, 6) is 0.699. The fourth-order valence-corrected chi connectivity index (χ4v) is 3.34. The highest BCUT2D eigenvalue weighted by Gasteiger charge is 2.29. The van der Waals surface area contributed by atoms with E-state index >= 15 is 0 Å². The highest BCUT2D eigenvalue weighted by atomic mass is 32.2. The summed E-state index contributed by atoms with van der Waals surface area (Å²) >= 11 is 0. The minimum Gasteiger partial charge on any atom is -0.336 e. The molecule has 0 saturated carbocycles. The molecule has 98 valence electrons. The smallest absolute Gasteiger partial charge is 0.235 e. The van der Waals surface area contributed by atoms with Gasteiger partial charge in [-0.2, -0.15) is 0 Å². The third-order valence-electron chi connectivity index (χ3n) is 3.28. The Morgan fingerprint density at radius 2 is 1.94 bits per heavy atom. The zero-order valence-corrected chi connectivity index (χ0v) is 11.8. The predicted octanol–water partition coefficient (Wildman–Crippen LogP) is 2.10. The van der Waals surface area contributed by atoms with E-state index in [1.165, 1.54) is 6.42 Å². The molecule has 1 heterocycles. The molecule has 0 N–H and O–H groups in total. The second-order valence-corrected chi connectivity index (χ2v) is 6.25. The van der Waals surface area contributed by atoms with E-state index in [1.807, 2.05) is 24.0 Å². The lowest BCUT2D eigenvalue weighted by molar-refractivity contribution is -0.134. The number of amides is 1. The van der Waals surface area contributed by atoms with E-state index < -0.39 is 10.8 Å². The maximum absolute atomic E-state index is 12.1. The molecule has 0 spiro atoms. The molecule has 3 nitrogen and oxygen atoms in total. The summed E-state index contributed by atoms with van der Waals surface area (Å²) in [4.78, 5) is 14.0. The fraction of sp³-hybridized carbons (Fsp3) is 0.769. The van der Waals surface area contributed by atoms with E-state index in [9.17, 15) is 9.00 Å². The molecule has 0 radical (unpaired) electrons. The maximum atomic E-state index is 12.1. The summed E-state index contributed by atoms with van der Waals surface area (Å²) in [7, 11) is -1.06. The van der Waals surface area contributed by atoms with Gasteiger partial charge in [-0.1, -0.05) is 12.2 Å². The Morgan fingerprint density at radius 3 is 2.47 bits per heavy atom. The molecule has 1 rings (SSSR count). The molecule has 1 fully saturated rings. The van der Waals surface area contributed by atoms with Crippen molar-refractivity contribution in [3.8, 4) is 0 Å². The van der Waals surface area contributed by atoms with Gasteiger partial charge >= 0.3 is 0 Å². The third kappa shape index (κ3) is 4.26. The molecular formula is C13H23NO2S. The fourth-order valence-electron chi connectivity index (χ4n) is 2.39. The lowest BCUT2D eigenvalue weighted by atomic mass is 9.98. The zero-order valence-electron chi connectivity index (χ0n) is 11.0. The molecule has 0 aromatic heterocycles. The molecular weight excluding hydrogens is 234 g/mol. The van der Waals surface area contributed by atoms with Crippen molar-refractivity contribution in [3.05, 3.63) is 12.2 Å². The summed E-state index contributed by atoms with van der Waals surface area (Å²) in [5.41, 5.74) is 0. The SMILES string of the molecule is C/C=C/CS(=O)CC(=O)N1C(C)CCCC1C. The van der Waals surface area contributed by atoms with E-state index in [-0.39, 0.29) is 11.7 Å². The van der Waals surface area contributed by atoms with Crippen molar-refractivity contribution in [2.24, 2.45) is 0 Å². The predicted molar refractivity (Wildman–Crippen MR) is 72.3 cm³/mol. The van der Waals surface area contributed by atoms with E-state index in [0.717, 1.165) is 12.8 Å². The topological polar surface area (TPSA) is 37.4 Å². The lowest BCUT2D eigenvalue weighted by Crippen LogP contribution is -2.49. The number of nitrogens with zero attached hydrogens (tertiary/aromatic N) is 1. The molecule has 1 aliphatic rings. The van der Waals surface area contributed by atoms with Crippen molar-refractivity contribution in [1.82, 2.24) is 4.90 Å². The molecule has 3 atom stereocenters. The molecule has 0 aliphatic carbocycles. The molecule has 17 heavy (non-hydrogen) atoms. The maximum Gasteiger partial charge on any atom is 0.235 e. The standard InChI is InChI=1S/C13H23NO2S/c1-4-5-9-17(16)10-13(15)14-11(2)7-6-8-12(14)3/h4-5,11-12H,6-10H2,1-3H3/b5-4+. The van der Waals surface area contributed by atoms with E-state index in [4.69, 9.17) is 0 Å². The van der Waals surface area contributed by atoms with Crippen molar-refractivity contribution in [2.75, 3.05) is 11.5 Å². The van der Waals surface area contributed by atoms with Gasteiger partial charge in [-0.05, 0) is 40.0 Å². The number of piperidine rings is 1. The van der Waals surface area contributed by atoms with Gasteiger partial charge in [0.2, 0.25) is 5.91 Å². The monoisotopic (exact) mass is 257 g/mol. The van der Waals surface area contributed by atoms with Gasteiger partial charge in [0.15, 0.2) is 0 Å². The first-order valence-corrected chi connectivity index (χ1v) is 7.82. The van der Waals surface area contributed by atoms with E-state index in [2.05, 4.69) is 13.8 Å². The van der Waals surface area contributed by atoms with Crippen LogP contribution in [0.4, 0.5) is 0 Å². The highest BCUT2D eigenvalue weighted by Crippen LogP contribution is 2.22. The van der Waals surface area contributed by atoms with Crippen molar-refractivity contribution in [1.29, 1.82) is 0 Å². The summed E-state index contributed by atoms with van der Waals surface area (Å²) in [6, 6.07) is 0.593. The van der Waals surface area contributed by atoms with Crippen LogP contribution in [-0.2, 0) is 15.6 Å². The van der Waals surface area contributed by atoms with Crippen LogP contribution in [0.3, 0.4) is 0 Å². The molecule has 3 unspecified atom stereocenters. The highest BCUT2D eigenvalue weighted by molar-refractivity contribution is 7.85. The Morgan fingerprint density at radius 1 is 1.35 bits per heavy atom. The van der Waals surface area contributed by atoms with Crippen LogP contribution in [0.1, 0.15) is 40.0 Å². The first-order chi connectivity index (χ1) is 8.06. The van der Waals surface area contributed by atoms with Crippen LogP contribution < -0.4 is 0 Å². The quantitative estimate of drug-likeness (QED) is 0.723. The van der Waals surface area contributed by atoms with Gasteiger partial charge < -0.3 is 4.90 Å². The first kappa shape index (κ1) is 14.4. The van der Waals surface area contributed by atoms with Crippen LogP contribution >= 0.6 is 0 Å². The Labute approximate surface area is 107 Å². The van der Waals surface area contributed by atoms with Gasteiger partial charge in [-0.15, -0.1) is 0 Å². The van der Waals surface area contributed by atoms with Gasteiger partial charge in [0, 0.05) is 28.6 Å². The molecule has 1 amide bonds. The number of hydrogen-bond donors (Lipinski definition) is 0. The van der Waals surface area contributed by atoms with Crippen LogP contribution in [0.5, 0.6) is 0 Å². The third-order valence-corrected chi connectivity index (χ3v) is 4.42. The number of likely N-dealkylation sites (tertiary alicyclic amines) is 1. The summed E-state index contributed by atoms with van der Waals surface area (Å²) in [5, 5.41) is 0. The summed E-state index contributed by atoms with van der Waals surface area (Å²) in [6.45, 7) is 6.07. The van der Waals surface area contributed by atoms with Crippen molar-refractivity contribution in [2.45, 2.75) is 52.1 Å². The van der Waals surface area contributed by atoms with Gasteiger partial charge in [0.05, 0.1) is 0 Å². The number of allylic oxidation sites excluding steroid dienone is 1. The van der Waals surface area contributed by atoms with Gasteiger partial charge in [0.25, 0.3) is 0 Å². The van der Waals surface area contributed by atoms with Crippen LogP contribution in [0.25, 0.3) is 0 Å². The first-order valence-electron chi connectivity index (χ1n) is 6.33. The number of hydrogen-bond acceptors (Lipinski definition) is 2. The van der Waals surface area contributed by atoms with Crippen LogP contribution in [0.2, 0.25) is 0 Å². The lowest BCUT2D eigenvalue weighted by Gasteiger charge is -2.39. The summed E-state index contributed by atoms with van der Waals surface area (Å²) in [6.07, 6.45) is 7.05. The van der Waals surface area contributed by atoms with Crippen molar-refractivity contribution in [3.63, 3.8) is 0 Å². The minimum atomic E-state index is -1.06. The van der Waals surface area contributed by atoms with Gasteiger partial charge in [-0.3, -0.25) is 9.00 Å². The minimum absolute atomic E-state index is 0.0486. The number of carbonyl (C=O) groups is 1. The molecule has 0 aromatic rings. The second-order valence-electron chi connectivity index (χ2n) is 4.75. The molecule has 1 aliphatic heterocycles. The molecule has 4 heteroatoms. The van der Waals surface area contributed by atoms with Gasteiger partial charge in [0.1, 0.15) is 5.75 Å². The average Bonchev–Trinajstić information content (AvgIpc) is 2.26. The Bertz CT molecular complexity index is 305. The Hall–Kier alpha value is -0.640. The molecule has 0 aromatic carbocycles. The van der Waals surface area contributed by atoms with E-state index in [1.54, 1.807) is 0 Å². The van der Waals surface area contributed by atoms with Crippen LogP contribution in [-0.4, -0.2) is 38.6 Å². The van der Waals surface area contributed by atoms with E-state index in [0.29, 0.717) is 17.8 Å². The van der Waals surface area contributed by atoms with Crippen molar-refractivity contribution >= 4 is 16.7 Å². The largest absolute Gasteiger partial charge is 0.336 e. The van der Waals surface area contributed by atoms with Gasteiger partial charge in [-0.25, -0.2) is 0 Å². The Balaban J connectivity index is 2.53. The van der Waals surface area contributed by atoms with Crippen LogP contribution in [0.15, 0.2) is 12.2 Å². The normalized spacial score (nSPS) is 27.4. The number of carbonyl (C=O) groups excluding carboxylic acids is 1. The zero-order chi connectivity index (χ0) is 12.8. The Kier molecular flexibility index (Phi) is 5.89. The average molecular weight is 257 g/mol.